The number of nitrogens with zero attached hydrogens (tertiary/aromatic N) is 4. The first-order chi connectivity index (χ1) is 12.7. The summed E-state index contributed by atoms with van der Waals surface area (Å²) in [5.74, 6) is -0.477. The maximum atomic E-state index is 12.8. The van der Waals surface area contributed by atoms with Crippen molar-refractivity contribution >= 4 is 12.0 Å². The third-order valence-corrected chi connectivity index (χ3v) is 4.37. The highest BCUT2D eigenvalue weighted by Gasteiger charge is 2.40. The molecule has 0 spiro atoms. The van der Waals surface area contributed by atoms with E-state index in [1.165, 1.54) is 0 Å². The summed E-state index contributed by atoms with van der Waals surface area (Å²) in [4.78, 5) is 28.8. The molecule has 2 amide bonds. The lowest BCUT2D eigenvalue weighted by molar-refractivity contribution is -0.130. The maximum Gasteiger partial charge on any atom is 0.416 e. The number of carbonyl (C=O) groups is 2. The van der Waals surface area contributed by atoms with Crippen LogP contribution in [0.3, 0.4) is 0 Å². The van der Waals surface area contributed by atoms with E-state index < -0.39 is 18.0 Å². The van der Waals surface area contributed by atoms with E-state index in [1.807, 2.05) is 36.4 Å². The Hall–Kier alpha value is -2.79. The van der Waals surface area contributed by atoms with Gasteiger partial charge in [0, 0.05) is 4.91 Å². The molecule has 0 unspecified atom stereocenters. The number of imide groups is 1. The van der Waals surface area contributed by atoms with Gasteiger partial charge in [-0.05, 0) is 36.8 Å². The Balaban J connectivity index is 2.02. The van der Waals surface area contributed by atoms with Crippen LogP contribution >= 0.6 is 0 Å². The van der Waals surface area contributed by atoms with Crippen molar-refractivity contribution in [1.82, 2.24) is 4.90 Å². The lowest BCUT2D eigenvalue weighted by Crippen LogP contribution is -2.45. The second kappa shape index (κ2) is 10.3. The molecule has 2 atom stereocenters. The molecule has 1 saturated heterocycles. The van der Waals surface area contributed by atoms with Gasteiger partial charge >= 0.3 is 6.09 Å². The Morgan fingerprint density at radius 1 is 1.38 bits per heavy atom. The monoisotopic (exact) mass is 356 g/mol. The van der Waals surface area contributed by atoms with Gasteiger partial charge in [-0.1, -0.05) is 54.4 Å². The Morgan fingerprint density at radius 3 is 2.85 bits per heavy atom. The quantitative estimate of drug-likeness (QED) is 0.204. The highest BCUT2D eigenvalue weighted by molar-refractivity contribution is 5.96. The van der Waals surface area contributed by atoms with Crippen molar-refractivity contribution in [2.45, 2.75) is 50.6 Å². The molecule has 1 aromatic carbocycles. The molecule has 7 heteroatoms. The number of ether oxygens (including phenoxy) is 1. The van der Waals surface area contributed by atoms with Crippen LogP contribution in [0.1, 0.15) is 37.7 Å². The molecule has 0 aromatic heterocycles. The smallest absolute Gasteiger partial charge is 0.416 e. The molecule has 0 radical (unpaired) electrons. The van der Waals surface area contributed by atoms with Crippen LogP contribution in [0.5, 0.6) is 0 Å². The molecular formula is C19H24N4O3. The van der Waals surface area contributed by atoms with Crippen molar-refractivity contribution in [3.8, 4) is 0 Å². The third kappa shape index (κ3) is 5.36. The Labute approximate surface area is 153 Å². The average molecular weight is 356 g/mol. The van der Waals surface area contributed by atoms with Crippen LogP contribution in [0.4, 0.5) is 4.79 Å². The fraction of sp³-hybridized carbons (Fsp3) is 0.474. The number of benzene rings is 1. The molecule has 26 heavy (non-hydrogen) atoms. The molecule has 7 nitrogen and oxygen atoms in total. The largest absolute Gasteiger partial charge is 0.447 e. The van der Waals surface area contributed by atoms with Gasteiger partial charge in [-0.3, -0.25) is 4.79 Å². The molecular weight excluding hydrogens is 332 g/mol. The normalized spacial score (nSPS) is 17.3. The van der Waals surface area contributed by atoms with Gasteiger partial charge in [0.15, 0.2) is 0 Å². The summed E-state index contributed by atoms with van der Waals surface area (Å²) >= 11 is 0. The predicted molar refractivity (Wildman–Crippen MR) is 98.3 cm³/mol. The van der Waals surface area contributed by atoms with E-state index in [0.29, 0.717) is 12.8 Å². The highest BCUT2D eigenvalue weighted by Crippen LogP contribution is 2.21. The summed E-state index contributed by atoms with van der Waals surface area (Å²) in [6.45, 7) is 3.83. The van der Waals surface area contributed by atoms with Crippen LogP contribution in [-0.4, -0.2) is 35.6 Å². The minimum Gasteiger partial charge on any atom is -0.447 e. The van der Waals surface area contributed by atoms with Crippen LogP contribution < -0.4 is 0 Å². The Kier molecular flexibility index (Phi) is 7.71. The van der Waals surface area contributed by atoms with Crippen LogP contribution in [0.15, 0.2) is 48.1 Å². The number of allylic oxidation sites excluding steroid dienone is 1. The zero-order valence-corrected chi connectivity index (χ0v) is 14.8. The van der Waals surface area contributed by atoms with E-state index >= 15 is 0 Å². The number of cyclic esters (lactones) is 1. The summed E-state index contributed by atoms with van der Waals surface area (Å²) in [5.41, 5.74) is 9.81. The number of azide groups is 1. The van der Waals surface area contributed by atoms with Crippen molar-refractivity contribution in [2.75, 3.05) is 6.61 Å². The number of unbranched alkanes of at least 4 members (excludes halogenated alkanes) is 3. The zero-order chi connectivity index (χ0) is 18.8. The van der Waals surface area contributed by atoms with Crippen molar-refractivity contribution in [3.05, 3.63) is 59.0 Å². The van der Waals surface area contributed by atoms with E-state index in [4.69, 9.17) is 10.3 Å². The van der Waals surface area contributed by atoms with E-state index in [1.54, 1.807) is 0 Å². The lowest BCUT2D eigenvalue weighted by Gasteiger charge is -2.22. The third-order valence-electron chi connectivity index (χ3n) is 4.37. The second-order valence-electron chi connectivity index (χ2n) is 6.28. The molecule has 0 bridgehead atoms. The first kappa shape index (κ1) is 19.5. The first-order valence-corrected chi connectivity index (χ1v) is 8.86. The number of rotatable bonds is 10. The van der Waals surface area contributed by atoms with Crippen LogP contribution in [0.25, 0.3) is 10.4 Å². The molecule has 1 aromatic rings. The van der Waals surface area contributed by atoms with E-state index in [2.05, 4.69) is 16.6 Å². The molecule has 0 saturated carbocycles. The zero-order valence-electron chi connectivity index (χ0n) is 14.8. The Bertz CT molecular complexity index is 671. The van der Waals surface area contributed by atoms with Gasteiger partial charge in [-0.2, -0.15) is 0 Å². The van der Waals surface area contributed by atoms with E-state index in [0.717, 1.165) is 36.1 Å². The fourth-order valence-corrected chi connectivity index (χ4v) is 3.02. The second-order valence-corrected chi connectivity index (χ2v) is 6.28. The topological polar surface area (TPSA) is 95.4 Å². The first-order valence-electron chi connectivity index (χ1n) is 8.86. The molecule has 138 valence electrons. The van der Waals surface area contributed by atoms with Gasteiger partial charge in [-0.15, -0.1) is 6.58 Å². The molecule has 1 aliphatic heterocycles. The van der Waals surface area contributed by atoms with E-state index in [9.17, 15) is 9.59 Å². The van der Waals surface area contributed by atoms with Gasteiger partial charge in [0.25, 0.3) is 0 Å². The molecule has 0 N–H and O–H groups in total. The summed E-state index contributed by atoms with van der Waals surface area (Å²) in [6.07, 6.45) is 5.67. The van der Waals surface area contributed by atoms with Crippen LogP contribution in [0, 0.1) is 0 Å². The van der Waals surface area contributed by atoms with Gasteiger partial charge in [0.2, 0.25) is 5.91 Å². The average Bonchev–Trinajstić information content (AvgIpc) is 3.01. The lowest BCUT2D eigenvalue weighted by atomic mass is 10.0. The summed E-state index contributed by atoms with van der Waals surface area (Å²) in [5, 5.41) is 3.62. The minimum atomic E-state index is -0.882. The maximum absolute atomic E-state index is 12.8. The number of carbonyl (C=O) groups excluding carboxylic acids is 2. The number of hydrogen-bond acceptors (Lipinski definition) is 4. The van der Waals surface area contributed by atoms with Gasteiger partial charge in [0.05, 0.1) is 6.04 Å². The molecule has 0 aliphatic carbocycles. The molecule has 1 aliphatic rings. The molecule has 2 rings (SSSR count). The highest BCUT2D eigenvalue weighted by atomic mass is 16.6. The van der Waals surface area contributed by atoms with Gasteiger partial charge < -0.3 is 4.74 Å². The van der Waals surface area contributed by atoms with Crippen molar-refractivity contribution in [1.29, 1.82) is 0 Å². The van der Waals surface area contributed by atoms with Crippen molar-refractivity contribution in [3.63, 3.8) is 0 Å². The standard InChI is InChI=1S/C19H24N4O3/c1-2-3-4-5-9-12-17(21-22-20)18(24)23-16(14-26-19(23)25)13-15-10-7-6-8-11-15/h2,6-8,10-11,16-17H,1,3-5,9,12-14H2/t16-,17-/m0/s1. The van der Waals surface area contributed by atoms with E-state index in [-0.39, 0.29) is 12.6 Å². The SMILES string of the molecule is C=CCCCCC[C@H](N=[N+]=[N-])C(=O)N1C(=O)OC[C@@H]1Cc1ccccc1. The summed E-state index contributed by atoms with van der Waals surface area (Å²) in [6, 6.07) is 8.34. The minimum absolute atomic E-state index is 0.155. The van der Waals surface area contributed by atoms with Gasteiger partial charge in [-0.25, -0.2) is 9.69 Å². The van der Waals surface area contributed by atoms with Crippen LogP contribution in [-0.2, 0) is 16.0 Å². The Morgan fingerprint density at radius 2 is 2.15 bits per heavy atom. The fourth-order valence-electron chi connectivity index (χ4n) is 3.02. The number of hydrogen-bond donors (Lipinski definition) is 0. The molecule has 1 heterocycles. The van der Waals surface area contributed by atoms with Crippen molar-refractivity contribution in [2.24, 2.45) is 5.11 Å². The number of amides is 2. The summed E-state index contributed by atoms with van der Waals surface area (Å²) < 4.78 is 5.08. The molecule has 1 fully saturated rings. The summed E-state index contributed by atoms with van der Waals surface area (Å²) in [7, 11) is 0. The van der Waals surface area contributed by atoms with Crippen molar-refractivity contribution < 1.29 is 14.3 Å². The van der Waals surface area contributed by atoms with Crippen LogP contribution in [0.2, 0.25) is 0 Å². The van der Waals surface area contributed by atoms with Gasteiger partial charge in [0.1, 0.15) is 12.6 Å². The predicted octanol–water partition coefficient (Wildman–Crippen LogP) is 4.39.